The van der Waals surface area contributed by atoms with Crippen molar-refractivity contribution in [3.63, 3.8) is 0 Å². The fraction of sp³-hybridized carbons (Fsp3) is 0.562. The van der Waals surface area contributed by atoms with Crippen LogP contribution >= 0.6 is 0 Å². The molecule has 0 aromatic carbocycles. The van der Waals surface area contributed by atoms with E-state index in [0.29, 0.717) is 19.4 Å². The van der Waals surface area contributed by atoms with E-state index < -0.39 is 23.5 Å². The van der Waals surface area contributed by atoms with Crippen LogP contribution in [-0.4, -0.2) is 24.3 Å². The first-order valence-electron chi connectivity index (χ1n) is 8.02. The van der Waals surface area contributed by atoms with E-state index in [0.717, 1.165) is 17.4 Å². The highest BCUT2D eigenvalue weighted by Gasteiger charge is 2.40. The number of rotatable bonds is 8. The molecule has 2 aromatic rings. The normalized spacial score (nSPS) is 12.0. The average Bonchev–Trinajstić information content (AvgIpc) is 3.10. The largest absolute Gasteiger partial charge is 0.503 e. The first-order valence-corrected chi connectivity index (χ1v) is 8.02. The smallest absolute Gasteiger partial charge is 0.431 e. The number of hydrogen-bond acceptors (Lipinski definition) is 3. The molecule has 0 amide bonds. The van der Waals surface area contributed by atoms with Crippen molar-refractivity contribution in [1.29, 1.82) is 0 Å². The lowest BCUT2D eigenvalue weighted by molar-refractivity contribution is -0.144. The number of unbranched alkanes of at least 4 members (excludes halogenated alkanes) is 2. The highest BCUT2D eigenvalue weighted by atomic mass is 19.4. The molecule has 5 nitrogen and oxygen atoms in total. The average molecular weight is 345 g/mol. The van der Waals surface area contributed by atoms with Crippen molar-refractivity contribution in [3.05, 3.63) is 30.0 Å². The van der Waals surface area contributed by atoms with Gasteiger partial charge in [0.1, 0.15) is 5.69 Å². The van der Waals surface area contributed by atoms with Gasteiger partial charge in [-0.3, -0.25) is 0 Å². The van der Waals surface area contributed by atoms with Gasteiger partial charge in [-0.15, -0.1) is 0 Å². The first kappa shape index (κ1) is 18.2. The molecule has 0 bridgehead atoms. The van der Waals surface area contributed by atoms with E-state index in [2.05, 4.69) is 4.98 Å². The molecule has 0 saturated carbocycles. The maximum atomic E-state index is 13.5. The van der Waals surface area contributed by atoms with Crippen LogP contribution in [-0.2, 0) is 25.7 Å². The summed E-state index contributed by atoms with van der Waals surface area (Å²) in [6, 6.07) is 0. The Bertz CT molecular complexity index is 649. The standard InChI is InChI=1S/C16H22F3N3O2/c1-2-3-4-6-12-13(23)15(24)22(14(12)16(17,18)19)9-5-8-21-10-7-20-11-21/h7,10-11,23-24H,2-6,8-9H2,1H3. The summed E-state index contributed by atoms with van der Waals surface area (Å²) in [6.07, 6.45) is 2.88. The summed E-state index contributed by atoms with van der Waals surface area (Å²) in [6.45, 7) is 2.38. The Morgan fingerprint density at radius 3 is 2.46 bits per heavy atom. The minimum atomic E-state index is -4.63. The van der Waals surface area contributed by atoms with Crippen LogP contribution in [0.15, 0.2) is 18.7 Å². The summed E-state index contributed by atoms with van der Waals surface area (Å²) in [7, 11) is 0. The molecule has 2 N–H and O–H groups in total. The highest BCUT2D eigenvalue weighted by Crippen LogP contribution is 2.44. The summed E-state index contributed by atoms with van der Waals surface area (Å²) in [5.74, 6) is -1.36. The molecule has 2 aromatic heterocycles. The van der Waals surface area contributed by atoms with Crippen LogP contribution < -0.4 is 0 Å². The van der Waals surface area contributed by atoms with Crippen molar-refractivity contribution in [2.24, 2.45) is 0 Å². The zero-order chi connectivity index (χ0) is 17.7. The summed E-state index contributed by atoms with van der Waals surface area (Å²) in [5, 5.41) is 19.9. The van der Waals surface area contributed by atoms with E-state index in [9.17, 15) is 23.4 Å². The molecule has 0 aliphatic heterocycles. The zero-order valence-corrected chi connectivity index (χ0v) is 13.6. The molecule has 8 heteroatoms. The summed E-state index contributed by atoms with van der Waals surface area (Å²) < 4.78 is 42.9. The third-order valence-corrected chi connectivity index (χ3v) is 3.97. The molecule has 2 rings (SSSR count). The van der Waals surface area contributed by atoms with E-state index in [4.69, 9.17) is 0 Å². The zero-order valence-electron chi connectivity index (χ0n) is 13.6. The molecule has 0 aliphatic rings. The van der Waals surface area contributed by atoms with Gasteiger partial charge < -0.3 is 19.3 Å². The highest BCUT2D eigenvalue weighted by molar-refractivity contribution is 5.48. The Kier molecular flexibility index (Phi) is 5.80. The Morgan fingerprint density at radius 1 is 1.12 bits per heavy atom. The lowest BCUT2D eigenvalue weighted by Crippen LogP contribution is -2.16. The summed E-state index contributed by atoms with van der Waals surface area (Å²) >= 11 is 0. The molecule has 0 fully saturated rings. The summed E-state index contributed by atoms with van der Waals surface area (Å²) in [5.41, 5.74) is -1.16. The predicted octanol–water partition coefficient (Wildman–Crippen LogP) is 3.94. The lowest BCUT2D eigenvalue weighted by Gasteiger charge is -2.14. The number of nitrogens with zero attached hydrogens (tertiary/aromatic N) is 3. The number of alkyl halides is 3. The molecule has 0 unspecified atom stereocenters. The van der Waals surface area contributed by atoms with Crippen LogP contribution in [0.3, 0.4) is 0 Å². The van der Waals surface area contributed by atoms with Crippen LogP contribution in [0.4, 0.5) is 13.2 Å². The monoisotopic (exact) mass is 345 g/mol. The maximum Gasteiger partial charge on any atom is 0.431 e. The number of aromatic nitrogens is 3. The molecule has 0 radical (unpaired) electrons. The molecule has 0 spiro atoms. The molecule has 24 heavy (non-hydrogen) atoms. The van der Waals surface area contributed by atoms with Gasteiger partial charge in [-0.25, -0.2) is 4.98 Å². The van der Waals surface area contributed by atoms with Crippen LogP contribution in [0.2, 0.25) is 0 Å². The van der Waals surface area contributed by atoms with Crippen LogP contribution in [0.5, 0.6) is 11.6 Å². The molecule has 0 atom stereocenters. The second-order valence-corrected chi connectivity index (χ2v) is 5.76. The van der Waals surface area contributed by atoms with Gasteiger partial charge >= 0.3 is 6.18 Å². The minimum Gasteiger partial charge on any atom is -0.503 e. The van der Waals surface area contributed by atoms with Crippen molar-refractivity contribution < 1.29 is 23.4 Å². The van der Waals surface area contributed by atoms with Gasteiger partial charge in [0.2, 0.25) is 5.88 Å². The van der Waals surface area contributed by atoms with Crippen molar-refractivity contribution >= 4 is 0 Å². The van der Waals surface area contributed by atoms with Crippen LogP contribution in [0, 0.1) is 0 Å². The van der Waals surface area contributed by atoms with Crippen molar-refractivity contribution in [2.45, 2.75) is 58.3 Å². The topological polar surface area (TPSA) is 63.2 Å². The van der Waals surface area contributed by atoms with E-state index in [1.165, 1.54) is 0 Å². The first-order chi connectivity index (χ1) is 11.4. The SMILES string of the molecule is CCCCCc1c(O)c(O)n(CCCn2ccnc2)c1C(F)(F)F. The number of hydrogen-bond donors (Lipinski definition) is 2. The second-order valence-electron chi connectivity index (χ2n) is 5.76. The lowest BCUT2D eigenvalue weighted by atomic mass is 10.1. The molecule has 0 saturated heterocycles. The Balaban J connectivity index is 2.22. The van der Waals surface area contributed by atoms with Crippen LogP contribution in [0.1, 0.15) is 43.9 Å². The third-order valence-electron chi connectivity index (χ3n) is 3.97. The minimum absolute atomic E-state index is 0.0415. The molecular formula is C16H22F3N3O2. The van der Waals surface area contributed by atoms with Gasteiger partial charge in [0.15, 0.2) is 5.75 Å². The van der Waals surface area contributed by atoms with Crippen molar-refractivity contribution in [1.82, 2.24) is 14.1 Å². The Morgan fingerprint density at radius 2 is 1.88 bits per heavy atom. The number of halogens is 3. The number of aryl methyl sites for hydroxylation is 1. The maximum absolute atomic E-state index is 13.5. The fourth-order valence-corrected chi connectivity index (χ4v) is 2.80. The Labute approximate surface area is 138 Å². The predicted molar refractivity (Wildman–Crippen MR) is 82.8 cm³/mol. The summed E-state index contributed by atoms with van der Waals surface area (Å²) in [4.78, 5) is 3.87. The van der Waals surface area contributed by atoms with Gasteiger partial charge in [0.05, 0.1) is 6.33 Å². The third kappa shape index (κ3) is 4.04. The van der Waals surface area contributed by atoms with Crippen LogP contribution in [0.25, 0.3) is 0 Å². The van der Waals surface area contributed by atoms with E-state index >= 15 is 0 Å². The van der Waals surface area contributed by atoms with Gasteiger partial charge in [-0.2, -0.15) is 13.2 Å². The second kappa shape index (κ2) is 7.63. The fourth-order valence-electron chi connectivity index (χ4n) is 2.80. The molecule has 134 valence electrons. The number of aromatic hydroxyl groups is 2. The molecule has 0 aliphatic carbocycles. The van der Waals surface area contributed by atoms with Crippen molar-refractivity contribution in [2.75, 3.05) is 0 Å². The molecule has 2 heterocycles. The van der Waals surface area contributed by atoms with Gasteiger partial charge in [0, 0.05) is 31.0 Å². The van der Waals surface area contributed by atoms with Crippen molar-refractivity contribution in [3.8, 4) is 11.6 Å². The van der Waals surface area contributed by atoms with Gasteiger partial charge in [0.25, 0.3) is 0 Å². The van der Waals surface area contributed by atoms with E-state index in [1.807, 2.05) is 6.92 Å². The van der Waals surface area contributed by atoms with Gasteiger partial charge in [-0.1, -0.05) is 19.8 Å². The number of imidazole rings is 1. The Hall–Kier alpha value is -2.12. The quantitative estimate of drug-likeness (QED) is 0.713. The van der Waals surface area contributed by atoms with E-state index in [-0.39, 0.29) is 18.5 Å². The van der Waals surface area contributed by atoms with Gasteiger partial charge in [-0.05, 0) is 19.3 Å². The van der Waals surface area contributed by atoms with E-state index in [1.54, 1.807) is 23.3 Å². The molecular weight excluding hydrogens is 323 g/mol.